The summed E-state index contributed by atoms with van der Waals surface area (Å²) in [5.41, 5.74) is 8.55. The van der Waals surface area contributed by atoms with Crippen LogP contribution in [-0.4, -0.2) is 9.96 Å². The van der Waals surface area contributed by atoms with Crippen LogP contribution in [0.4, 0.5) is 0 Å². The van der Waals surface area contributed by atoms with Crippen LogP contribution in [0.1, 0.15) is 43.9 Å². The van der Waals surface area contributed by atoms with E-state index in [0.29, 0.717) is 17.6 Å². The van der Waals surface area contributed by atoms with E-state index in [9.17, 15) is 4.21 Å². The highest BCUT2D eigenvalue weighted by molar-refractivity contribution is 7.85. The van der Waals surface area contributed by atoms with Crippen LogP contribution in [0.25, 0.3) is 0 Å². The zero-order chi connectivity index (χ0) is 11.9. The van der Waals surface area contributed by atoms with Crippen LogP contribution in [0, 0.1) is 5.92 Å². The molecule has 2 N–H and O–H groups in total. The maximum atomic E-state index is 12.0. The Morgan fingerprint density at radius 2 is 2.12 bits per heavy atom. The van der Waals surface area contributed by atoms with Gasteiger partial charge in [-0.15, -0.1) is 0 Å². The van der Waals surface area contributed by atoms with Gasteiger partial charge in [-0.2, -0.15) is 0 Å². The highest BCUT2D eigenvalue weighted by Gasteiger charge is 2.28. The molecule has 1 aliphatic rings. The molecule has 0 spiro atoms. The molecule has 0 saturated heterocycles. The van der Waals surface area contributed by atoms with Crippen molar-refractivity contribution in [3.8, 4) is 0 Å². The first-order valence-electron chi connectivity index (χ1n) is 5.78. The van der Waals surface area contributed by atoms with Crippen LogP contribution in [0.5, 0.6) is 0 Å². The molecule has 2 rings (SSSR count). The smallest absolute Gasteiger partial charge is 0.0536 e. The lowest BCUT2D eigenvalue weighted by Crippen LogP contribution is -2.30. The van der Waals surface area contributed by atoms with E-state index in [-0.39, 0.29) is 6.04 Å². The second-order valence-electron chi connectivity index (χ2n) is 4.97. The third kappa shape index (κ3) is 1.94. The maximum absolute atomic E-state index is 12.0. The molecule has 1 aromatic rings. The zero-order valence-corrected chi connectivity index (χ0v) is 10.9. The number of fused-ring (bicyclic) bond motifs is 1. The quantitative estimate of drug-likeness (QED) is 0.815. The average molecular weight is 237 g/mol. The summed E-state index contributed by atoms with van der Waals surface area (Å²) in [5, 5.41) is 0. The standard InChI is InChI=1S/C13H19NOS/c1-8(2)10-4-5-12-11(6-10)13(14)9(3)7-16(12)15/h4-6,8-9,13H,7,14H2,1-3H3. The van der Waals surface area contributed by atoms with Crippen molar-refractivity contribution in [1.29, 1.82) is 0 Å². The fourth-order valence-corrected chi connectivity index (χ4v) is 3.67. The molecule has 3 unspecified atom stereocenters. The van der Waals surface area contributed by atoms with E-state index in [1.54, 1.807) is 0 Å². The fraction of sp³-hybridized carbons (Fsp3) is 0.538. The SMILES string of the molecule is CC(C)c1ccc2c(c1)C(N)C(C)CS2=O. The van der Waals surface area contributed by atoms with Gasteiger partial charge in [0.25, 0.3) is 0 Å². The van der Waals surface area contributed by atoms with E-state index in [1.807, 2.05) is 6.07 Å². The zero-order valence-electron chi connectivity index (χ0n) is 10.1. The Morgan fingerprint density at radius 3 is 2.75 bits per heavy atom. The molecule has 0 amide bonds. The second kappa shape index (κ2) is 4.30. The Bertz CT molecular complexity index is 428. The first kappa shape index (κ1) is 11.8. The summed E-state index contributed by atoms with van der Waals surface area (Å²) >= 11 is 0. The largest absolute Gasteiger partial charge is 0.324 e. The van der Waals surface area contributed by atoms with Gasteiger partial charge in [-0.25, -0.2) is 0 Å². The van der Waals surface area contributed by atoms with Crippen LogP contribution in [0.2, 0.25) is 0 Å². The van der Waals surface area contributed by atoms with Crippen LogP contribution < -0.4 is 5.73 Å². The topological polar surface area (TPSA) is 43.1 Å². The van der Waals surface area contributed by atoms with Gasteiger partial charge in [0.2, 0.25) is 0 Å². The molecule has 16 heavy (non-hydrogen) atoms. The summed E-state index contributed by atoms with van der Waals surface area (Å²) in [7, 11) is -0.867. The van der Waals surface area contributed by atoms with Crippen molar-refractivity contribution in [1.82, 2.24) is 0 Å². The van der Waals surface area contributed by atoms with Gasteiger partial charge in [-0.3, -0.25) is 4.21 Å². The van der Waals surface area contributed by atoms with Gasteiger partial charge in [-0.05, 0) is 29.0 Å². The summed E-state index contributed by atoms with van der Waals surface area (Å²) in [6.45, 7) is 6.40. The lowest BCUT2D eigenvalue weighted by Gasteiger charge is -2.28. The summed E-state index contributed by atoms with van der Waals surface area (Å²) in [4.78, 5) is 0.940. The van der Waals surface area contributed by atoms with Gasteiger partial charge in [0, 0.05) is 16.7 Å². The Morgan fingerprint density at radius 1 is 1.44 bits per heavy atom. The van der Waals surface area contributed by atoms with Gasteiger partial charge < -0.3 is 5.73 Å². The second-order valence-corrected chi connectivity index (χ2v) is 6.43. The van der Waals surface area contributed by atoms with Crippen LogP contribution in [-0.2, 0) is 10.8 Å². The first-order chi connectivity index (χ1) is 7.50. The van der Waals surface area contributed by atoms with Gasteiger partial charge >= 0.3 is 0 Å². The van der Waals surface area contributed by atoms with E-state index in [0.717, 1.165) is 10.5 Å². The molecule has 0 aliphatic carbocycles. The molecule has 1 aliphatic heterocycles. The van der Waals surface area contributed by atoms with Crippen molar-refractivity contribution < 1.29 is 4.21 Å². The third-order valence-corrected chi connectivity index (χ3v) is 5.02. The minimum atomic E-state index is -0.867. The molecule has 3 atom stereocenters. The number of nitrogens with two attached hydrogens (primary N) is 1. The summed E-state index contributed by atoms with van der Waals surface area (Å²) in [5.74, 6) is 1.48. The maximum Gasteiger partial charge on any atom is 0.0536 e. The molecule has 0 fully saturated rings. The van der Waals surface area contributed by atoms with E-state index >= 15 is 0 Å². The van der Waals surface area contributed by atoms with Gasteiger partial charge in [0.15, 0.2) is 0 Å². The molecular weight excluding hydrogens is 218 g/mol. The number of hydrogen-bond acceptors (Lipinski definition) is 2. The van der Waals surface area contributed by atoms with Crippen molar-refractivity contribution in [3.63, 3.8) is 0 Å². The average Bonchev–Trinajstić information content (AvgIpc) is 2.25. The molecule has 2 nitrogen and oxygen atoms in total. The predicted octanol–water partition coefficient (Wildman–Crippen LogP) is 2.57. The van der Waals surface area contributed by atoms with E-state index < -0.39 is 10.8 Å². The summed E-state index contributed by atoms with van der Waals surface area (Å²) in [6.07, 6.45) is 0. The predicted molar refractivity (Wildman–Crippen MR) is 67.9 cm³/mol. The van der Waals surface area contributed by atoms with Gasteiger partial charge in [-0.1, -0.05) is 32.9 Å². The van der Waals surface area contributed by atoms with Crippen molar-refractivity contribution in [2.75, 3.05) is 5.75 Å². The monoisotopic (exact) mass is 237 g/mol. The molecule has 1 heterocycles. The van der Waals surface area contributed by atoms with Crippen molar-refractivity contribution in [3.05, 3.63) is 29.3 Å². The number of rotatable bonds is 1. The minimum absolute atomic E-state index is 0.0337. The molecule has 0 bridgehead atoms. The van der Waals surface area contributed by atoms with Crippen molar-refractivity contribution in [2.24, 2.45) is 11.7 Å². The number of benzene rings is 1. The van der Waals surface area contributed by atoms with Crippen molar-refractivity contribution >= 4 is 10.8 Å². The Balaban J connectivity index is 2.51. The van der Waals surface area contributed by atoms with Crippen molar-refractivity contribution in [2.45, 2.75) is 37.6 Å². The lowest BCUT2D eigenvalue weighted by atomic mass is 9.92. The van der Waals surface area contributed by atoms with E-state index in [1.165, 1.54) is 5.56 Å². The van der Waals surface area contributed by atoms with Gasteiger partial charge in [0.05, 0.1) is 10.8 Å². The Hall–Kier alpha value is -0.670. The molecule has 88 valence electrons. The van der Waals surface area contributed by atoms with Crippen LogP contribution in [0.3, 0.4) is 0 Å². The first-order valence-corrected chi connectivity index (χ1v) is 7.10. The normalized spacial score (nSPS) is 29.2. The molecule has 0 aromatic heterocycles. The highest BCUT2D eigenvalue weighted by atomic mass is 32.2. The Kier molecular flexibility index (Phi) is 3.17. The van der Waals surface area contributed by atoms with Crippen LogP contribution >= 0.6 is 0 Å². The van der Waals surface area contributed by atoms with E-state index in [4.69, 9.17) is 5.73 Å². The van der Waals surface area contributed by atoms with Gasteiger partial charge in [0.1, 0.15) is 0 Å². The molecule has 1 aromatic carbocycles. The third-order valence-electron chi connectivity index (χ3n) is 3.33. The minimum Gasteiger partial charge on any atom is -0.324 e. The lowest BCUT2D eigenvalue weighted by molar-refractivity contribution is 0.496. The van der Waals surface area contributed by atoms with E-state index in [2.05, 4.69) is 32.9 Å². The highest BCUT2D eigenvalue weighted by Crippen LogP contribution is 2.34. The summed E-state index contributed by atoms with van der Waals surface area (Å²) in [6, 6.07) is 6.24. The molecule has 3 heteroatoms. The molecule has 0 radical (unpaired) electrons. The molecular formula is C13H19NOS. The summed E-state index contributed by atoms with van der Waals surface area (Å²) < 4.78 is 12.0. The molecule has 0 saturated carbocycles. The van der Waals surface area contributed by atoms with Crippen LogP contribution in [0.15, 0.2) is 23.1 Å². The Labute approximate surface area is 99.7 Å². The number of hydrogen-bond donors (Lipinski definition) is 1. The fourth-order valence-electron chi connectivity index (χ4n) is 2.13.